The van der Waals surface area contributed by atoms with Crippen molar-refractivity contribution in [2.75, 3.05) is 18.0 Å². The molecule has 1 aromatic carbocycles. The summed E-state index contributed by atoms with van der Waals surface area (Å²) < 4.78 is 27.6. The fraction of sp³-hybridized carbons (Fsp3) is 0.250. The second-order valence-electron chi connectivity index (χ2n) is 5.28. The summed E-state index contributed by atoms with van der Waals surface area (Å²) in [4.78, 5) is 34.9. The SMILES string of the molecule is CCN(CC)c1ccnc(-n2[nH]c(=O)c3cc(F)c(F)cc3c2=O)n1. The highest BCUT2D eigenvalue weighted by atomic mass is 19.2. The van der Waals surface area contributed by atoms with Gasteiger partial charge in [0.2, 0.25) is 0 Å². The van der Waals surface area contributed by atoms with E-state index in [1.807, 2.05) is 18.7 Å². The number of fused-ring (bicyclic) bond motifs is 1. The van der Waals surface area contributed by atoms with Gasteiger partial charge < -0.3 is 4.90 Å². The van der Waals surface area contributed by atoms with Crippen molar-refractivity contribution in [3.05, 3.63) is 56.7 Å². The number of H-pyrrole nitrogens is 1. The van der Waals surface area contributed by atoms with Crippen LogP contribution < -0.4 is 16.0 Å². The monoisotopic (exact) mass is 347 g/mol. The maximum atomic E-state index is 13.5. The number of nitrogens with zero attached hydrogens (tertiary/aromatic N) is 4. The minimum Gasteiger partial charge on any atom is -0.357 e. The van der Waals surface area contributed by atoms with Crippen molar-refractivity contribution >= 4 is 16.6 Å². The largest absolute Gasteiger partial charge is 0.357 e. The zero-order valence-electron chi connectivity index (χ0n) is 13.6. The molecule has 0 amide bonds. The Morgan fingerprint density at radius 2 is 1.76 bits per heavy atom. The number of rotatable bonds is 4. The van der Waals surface area contributed by atoms with Crippen LogP contribution in [0.3, 0.4) is 0 Å². The van der Waals surface area contributed by atoms with Crippen LogP contribution in [-0.2, 0) is 0 Å². The lowest BCUT2D eigenvalue weighted by atomic mass is 10.2. The summed E-state index contributed by atoms with van der Waals surface area (Å²) in [6.45, 7) is 5.29. The molecule has 2 heterocycles. The summed E-state index contributed by atoms with van der Waals surface area (Å²) in [5, 5.41) is 1.81. The second-order valence-corrected chi connectivity index (χ2v) is 5.28. The first kappa shape index (κ1) is 16.7. The van der Waals surface area contributed by atoms with Crippen LogP contribution in [0.4, 0.5) is 14.6 Å². The fourth-order valence-corrected chi connectivity index (χ4v) is 2.56. The van der Waals surface area contributed by atoms with E-state index in [0.717, 1.165) is 4.68 Å². The van der Waals surface area contributed by atoms with Gasteiger partial charge in [-0.05, 0) is 32.0 Å². The van der Waals surface area contributed by atoms with E-state index >= 15 is 0 Å². The molecule has 9 heteroatoms. The Labute approximate surface area is 140 Å². The number of hydrogen-bond acceptors (Lipinski definition) is 5. The normalized spacial score (nSPS) is 11.0. The molecule has 130 valence electrons. The highest BCUT2D eigenvalue weighted by Gasteiger charge is 2.15. The van der Waals surface area contributed by atoms with Crippen molar-refractivity contribution < 1.29 is 8.78 Å². The smallest absolute Gasteiger partial charge is 0.280 e. The van der Waals surface area contributed by atoms with Crippen LogP contribution >= 0.6 is 0 Å². The Morgan fingerprint density at radius 3 is 2.40 bits per heavy atom. The average Bonchev–Trinajstić information content (AvgIpc) is 2.61. The third-order valence-corrected chi connectivity index (χ3v) is 3.87. The van der Waals surface area contributed by atoms with E-state index in [9.17, 15) is 18.4 Å². The van der Waals surface area contributed by atoms with Crippen molar-refractivity contribution in [2.24, 2.45) is 0 Å². The van der Waals surface area contributed by atoms with E-state index in [1.54, 1.807) is 6.07 Å². The van der Waals surface area contributed by atoms with E-state index in [1.165, 1.54) is 6.20 Å². The van der Waals surface area contributed by atoms with Crippen molar-refractivity contribution in [2.45, 2.75) is 13.8 Å². The third-order valence-electron chi connectivity index (χ3n) is 3.87. The molecule has 0 fully saturated rings. The average molecular weight is 347 g/mol. The van der Waals surface area contributed by atoms with Crippen LogP contribution in [0.1, 0.15) is 13.8 Å². The van der Waals surface area contributed by atoms with Gasteiger partial charge in [0.05, 0.1) is 10.8 Å². The Balaban J connectivity index is 2.25. The standard InChI is InChI=1S/C16H15F2N5O2/c1-3-22(4-2)13-5-6-19-16(20-13)23-15(25)10-8-12(18)11(17)7-9(10)14(24)21-23/h5-8H,3-4H2,1-2H3,(H,21,24). The summed E-state index contributed by atoms with van der Waals surface area (Å²) in [5.41, 5.74) is -1.49. The molecule has 2 aromatic heterocycles. The molecule has 0 bridgehead atoms. The number of aromatic amines is 1. The van der Waals surface area contributed by atoms with E-state index in [2.05, 4.69) is 15.1 Å². The molecule has 0 radical (unpaired) electrons. The lowest BCUT2D eigenvalue weighted by molar-refractivity contribution is 0.510. The van der Waals surface area contributed by atoms with Crippen LogP contribution in [0.15, 0.2) is 34.0 Å². The van der Waals surface area contributed by atoms with Gasteiger partial charge in [-0.3, -0.25) is 14.7 Å². The molecule has 25 heavy (non-hydrogen) atoms. The van der Waals surface area contributed by atoms with Crippen molar-refractivity contribution in [3.8, 4) is 5.95 Å². The molecular formula is C16H15F2N5O2. The van der Waals surface area contributed by atoms with Gasteiger partial charge in [0, 0.05) is 19.3 Å². The topological polar surface area (TPSA) is 83.9 Å². The Hall–Kier alpha value is -3.10. The van der Waals surface area contributed by atoms with Crippen molar-refractivity contribution in [1.82, 2.24) is 19.7 Å². The maximum Gasteiger partial charge on any atom is 0.280 e. The number of hydrogen-bond donors (Lipinski definition) is 1. The van der Waals surface area contributed by atoms with Gasteiger partial charge in [0.1, 0.15) is 5.82 Å². The molecule has 1 N–H and O–H groups in total. The zero-order valence-corrected chi connectivity index (χ0v) is 13.6. The van der Waals surface area contributed by atoms with E-state index in [-0.39, 0.29) is 16.7 Å². The first-order chi connectivity index (χ1) is 12.0. The summed E-state index contributed by atoms with van der Waals surface area (Å²) in [7, 11) is 0. The Bertz CT molecular complexity index is 1060. The van der Waals surface area contributed by atoms with Crippen LogP contribution in [0.5, 0.6) is 0 Å². The van der Waals surface area contributed by atoms with Crippen LogP contribution in [-0.4, -0.2) is 32.8 Å². The molecule has 3 rings (SSSR count). The van der Waals surface area contributed by atoms with E-state index < -0.39 is 22.8 Å². The predicted molar refractivity (Wildman–Crippen MR) is 89.2 cm³/mol. The lowest BCUT2D eigenvalue weighted by Crippen LogP contribution is -2.31. The number of halogens is 2. The summed E-state index contributed by atoms with van der Waals surface area (Å²) in [6.07, 6.45) is 1.45. The van der Waals surface area contributed by atoms with Gasteiger partial charge in [0.15, 0.2) is 11.6 Å². The van der Waals surface area contributed by atoms with Gasteiger partial charge in [-0.2, -0.15) is 9.67 Å². The Kier molecular flexibility index (Phi) is 4.30. The van der Waals surface area contributed by atoms with Crippen LogP contribution in [0.2, 0.25) is 0 Å². The molecule has 7 nitrogen and oxygen atoms in total. The van der Waals surface area contributed by atoms with E-state index in [0.29, 0.717) is 31.0 Å². The molecule has 0 saturated heterocycles. The zero-order chi connectivity index (χ0) is 18.1. The molecule has 0 spiro atoms. The predicted octanol–water partition coefficient (Wildman–Crippen LogP) is 1.59. The molecule has 0 atom stereocenters. The van der Waals surface area contributed by atoms with E-state index in [4.69, 9.17) is 0 Å². The highest BCUT2D eigenvalue weighted by molar-refractivity contribution is 5.80. The lowest BCUT2D eigenvalue weighted by Gasteiger charge is -2.19. The molecular weight excluding hydrogens is 332 g/mol. The fourth-order valence-electron chi connectivity index (χ4n) is 2.56. The maximum absolute atomic E-state index is 13.5. The van der Waals surface area contributed by atoms with Crippen LogP contribution in [0.25, 0.3) is 16.7 Å². The molecule has 3 aromatic rings. The van der Waals surface area contributed by atoms with Crippen LogP contribution in [0, 0.1) is 11.6 Å². The van der Waals surface area contributed by atoms with Gasteiger partial charge in [0.25, 0.3) is 17.1 Å². The minimum absolute atomic E-state index is 0.0573. The first-order valence-corrected chi connectivity index (χ1v) is 7.68. The summed E-state index contributed by atoms with van der Waals surface area (Å²) in [6, 6.07) is 3.07. The first-order valence-electron chi connectivity index (χ1n) is 7.68. The number of benzene rings is 1. The van der Waals surface area contributed by atoms with Crippen molar-refractivity contribution in [1.29, 1.82) is 0 Å². The summed E-state index contributed by atoms with van der Waals surface area (Å²) in [5.74, 6) is -1.89. The van der Waals surface area contributed by atoms with Gasteiger partial charge >= 0.3 is 0 Å². The highest BCUT2D eigenvalue weighted by Crippen LogP contribution is 2.13. The third kappa shape index (κ3) is 2.88. The van der Waals surface area contributed by atoms with Gasteiger partial charge in [-0.1, -0.05) is 0 Å². The van der Waals surface area contributed by atoms with Crippen molar-refractivity contribution in [3.63, 3.8) is 0 Å². The van der Waals surface area contributed by atoms with Gasteiger partial charge in [-0.25, -0.2) is 13.8 Å². The number of aromatic nitrogens is 4. The minimum atomic E-state index is -1.21. The number of nitrogens with one attached hydrogen (secondary N) is 1. The quantitative estimate of drug-likeness (QED) is 0.775. The molecule has 0 aliphatic heterocycles. The van der Waals surface area contributed by atoms with Gasteiger partial charge in [-0.15, -0.1) is 0 Å². The molecule has 0 unspecified atom stereocenters. The summed E-state index contributed by atoms with van der Waals surface area (Å²) >= 11 is 0. The second kappa shape index (κ2) is 6.42. The molecule has 0 saturated carbocycles. The number of anilines is 1. The Morgan fingerprint density at radius 1 is 1.12 bits per heavy atom. The molecule has 0 aliphatic rings. The molecule has 0 aliphatic carbocycles.